The van der Waals surface area contributed by atoms with Crippen LogP contribution >= 0.6 is 11.3 Å². The Labute approximate surface area is 111 Å². The first-order valence-corrected chi connectivity index (χ1v) is 7.08. The van der Waals surface area contributed by atoms with Gasteiger partial charge in [0.05, 0.1) is 7.11 Å². The fraction of sp³-hybridized carbons (Fsp3) is 0.429. The molecule has 3 rings (SSSR count). The molecule has 1 aliphatic rings. The summed E-state index contributed by atoms with van der Waals surface area (Å²) in [6.07, 6.45) is 1.28. The number of hydrogen-bond acceptors (Lipinski definition) is 4. The second-order valence-electron chi connectivity index (χ2n) is 4.47. The molecule has 0 spiro atoms. The Kier molecular flexibility index (Phi) is 3.50. The minimum Gasteiger partial charge on any atom is -0.497 e. The van der Waals surface area contributed by atoms with Crippen LogP contribution < -0.4 is 10.1 Å². The van der Waals surface area contributed by atoms with Gasteiger partial charge in [0.2, 0.25) is 0 Å². The summed E-state index contributed by atoms with van der Waals surface area (Å²) in [7, 11) is 1.70. The monoisotopic (exact) mass is 263 g/mol. The van der Waals surface area contributed by atoms with Crippen LogP contribution in [0, 0.1) is 0 Å². The highest BCUT2D eigenvalue weighted by Gasteiger charge is 2.17. The van der Waals surface area contributed by atoms with Crippen LogP contribution in [0.25, 0.3) is 10.1 Å². The lowest BCUT2D eigenvalue weighted by atomic mass is 10.2. The van der Waals surface area contributed by atoms with E-state index in [4.69, 9.17) is 9.47 Å². The van der Waals surface area contributed by atoms with Gasteiger partial charge in [-0.3, -0.25) is 0 Å². The third kappa shape index (κ3) is 2.36. The number of thiophene rings is 1. The number of hydrogen-bond donors (Lipinski definition) is 1. The van der Waals surface area contributed by atoms with E-state index in [1.807, 2.05) is 6.07 Å². The van der Waals surface area contributed by atoms with Gasteiger partial charge in [0.1, 0.15) is 11.9 Å². The molecule has 2 heterocycles. The Balaban J connectivity index is 1.91. The molecule has 1 aliphatic heterocycles. The van der Waals surface area contributed by atoms with E-state index in [0.717, 1.165) is 31.9 Å². The molecule has 1 fully saturated rings. The van der Waals surface area contributed by atoms with Crippen molar-refractivity contribution >= 4 is 21.4 Å². The molecule has 4 heteroatoms. The highest BCUT2D eigenvalue weighted by Crippen LogP contribution is 2.33. The molecule has 0 aliphatic carbocycles. The summed E-state index contributed by atoms with van der Waals surface area (Å²) >= 11 is 1.80. The van der Waals surface area contributed by atoms with E-state index < -0.39 is 0 Å². The van der Waals surface area contributed by atoms with Crippen LogP contribution in [0.3, 0.4) is 0 Å². The Morgan fingerprint density at radius 1 is 1.39 bits per heavy atom. The van der Waals surface area contributed by atoms with Crippen molar-refractivity contribution in [2.45, 2.75) is 12.5 Å². The number of benzene rings is 1. The molecule has 0 amide bonds. The van der Waals surface area contributed by atoms with Crippen LogP contribution in [0.15, 0.2) is 24.3 Å². The number of methoxy groups -OCH3 is 1. The first-order chi connectivity index (χ1) is 8.86. The second-order valence-corrected chi connectivity index (χ2v) is 5.58. The first-order valence-electron chi connectivity index (χ1n) is 6.26. The summed E-state index contributed by atoms with van der Waals surface area (Å²) in [6.45, 7) is 2.80. The molecule has 1 unspecified atom stereocenters. The summed E-state index contributed by atoms with van der Waals surface area (Å²) in [5, 5.41) is 4.69. The van der Waals surface area contributed by atoms with Crippen molar-refractivity contribution in [3.05, 3.63) is 29.1 Å². The largest absolute Gasteiger partial charge is 0.497 e. The second kappa shape index (κ2) is 5.26. The molecule has 1 saturated heterocycles. The highest BCUT2D eigenvalue weighted by atomic mass is 32.1. The van der Waals surface area contributed by atoms with Gasteiger partial charge in [0.15, 0.2) is 0 Å². The van der Waals surface area contributed by atoms with Crippen LogP contribution in [0.5, 0.6) is 5.75 Å². The van der Waals surface area contributed by atoms with Gasteiger partial charge < -0.3 is 14.8 Å². The standard InChI is InChI=1S/C14H17NO2S/c1-16-11-4-3-10-7-14(18-13(10)8-11)12-9-15-5-2-6-17-12/h3-4,7-8,12,15H,2,5-6,9H2,1H3. The Bertz CT molecular complexity index is 530. The minimum atomic E-state index is 0.191. The first kappa shape index (κ1) is 12.0. The van der Waals surface area contributed by atoms with Crippen molar-refractivity contribution in [2.75, 3.05) is 26.8 Å². The van der Waals surface area contributed by atoms with E-state index in [0.29, 0.717) is 0 Å². The number of rotatable bonds is 2. The molecule has 1 aromatic carbocycles. The van der Waals surface area contributed by atoms with E-state index in [-0.39, 0.29) is 6.10 Å². The van der Waals surface area contributed by atoms with Gasteiger partial charge in [0.25, 0.3) is 0 Å². The van der Waals surface area contributed by atoms with Gasteiger partial charge in [-0.2, -0.15) is 0 Å². The quantitative estimate of drug-likeness (QED) is 0.903. The zero-order chi connectivity index (χ0) is 12.4. The average Bonchev–Trinajstić information content (AvgIpc) is 2.63. The molecule has 1 aromatic heterocycles. The van der Waals surface area contributed by atoms with E-state index in [9.17, 15) is 0 Å². The molecule has 0 radical (unpaired) electrons. The van der Waals surface area contributed by atoms with E-state index >= 15 is 0 Å². The Morgan fingerprint density at radius 2 is 2.33 bits per heavy atom. The zero-order valence-electron chi connectivity index (χ0n) is 10.4. The predicted molar refractivity (Wildman–Crippen MR) is 74.6 cm³/mol. The minimum absolute atomic E-state index is 0.191. The summed E-state index contributed by atoms with van der Waals surface area (Å²) in [5.41, 5.74) is 0. The molecule has 2 aromatic rings. The predicted octanol–water partition coefficient (Wildman–Crippen LogP) is 2.96. The van der Waals surface area contributed by atoms with Crippen LogP contribution in [-0.2, 0) is 4.74 Å². The molecular formula is C14H17NO2S. The van der Waals surface area contributed by atoms with Crippen molar-refractivity contribution in [3.8, 4) is 5.75 Å². The Hall–Kier alpha value is -1.10. The fourth-order valence-corrected chi connectivity index (χ4v) is 3.36. The van der Waals surface area contributed by atoms with Crippen molar-refractivity contribution in [2.24, 2.45) is 0 Å². The molecule has 96 valence electrons. The lowest BCUT2D eigenvalue weighted by Gasteiger charge is -2.12. The SMILES string of the molecule is COc1ccc2cc(C3CNCCCO3)sc2c1. The molecule has 3 nitrogen and oxygen atoms in total. The fourth-order valence-electron chi connectivity index (χ4n) is 2.22. The van der Waals surface area contributed by atoms with Crippen LogP contribution in [0.4, 0.5) is 0 Å². The van der Waals surface area contributed by atoms with Gasteiger partial charge in [-0.25, -0.2) is 0 Å². The smallest absolute Gasteiger partial charge is 0.120 e. The van der Waals surface area contributed by atoms with Crippen molar-refractivity contribution in [3.63, 3.8) is 0 Å². The van der Waals surface area contributed by atoms with E-state index in [1.54, 1.807) is 18.4 Å². The normalized spacial score (nSPS) is 20.8. The lowest BCUT2D eigenvalue weighted by Crippen LogP contribution is -2.19. The maximum atomic E-state index is 5.89. The number of fused-ring (bicyclic) bond motifs is 1. The zero-order valence-corrected chi connectivity index (χ0v) is 11.3. The van der Waals surface area contributed by atoms with Gasteiger partial charge in [-0.05, 0) is 42.6 Å². The van der Waals surface area contributed by atoms with Crippen molar-refractivity contribution < 1.29 is 9.47 Å². The lowest BCUT2D eigenvalue weighted by molar-refractivity contribution is 0.0694. The molecule has 18 heavy (non-hydrogen) atoms. The van der Waals surface area contributed by atoms with Crippen LogP contribution in [-0.4, -0.2) is 26.8 Å². The van der Waals surface area contributed by atoms with Gasteiger partial charge in [-0.15, -0.1) is 11.3 Å². The number of nitrogens with one attached hydrogen (secondary N) is 1. The van der Waals surface area contributed by atoms with E-state index in [1.165, 1.54) is 15.0 Å². The highest BCUT2D eigenvalue weighted by molar-refractivity contribution is 7.19. The summed E-state index contributed by atoms with van der Waals surface area (Å²) < 4.78 is 12.4. The van der Waals surface area contributed by atoms with E-state index in [2.05, 4.69) is 23.5 Å². The maximum Gasteiger partial charge on any atom is 0.120 e. The average molecular weight is 263 g/mol. The topological polar surface area (TPSA) is 30.5 Å². The summed E-state index contributed by atoms with van der Waals surface area (Å²) in [5.74, 6) is 0.913. The van der Waals surface area contributed by atoms with Crippen LogP contribution in [0.1, 0.15) is 17.4 Å². The number of ether oxygens (including phenoxy) is 2. The molecule has 1 N–H and O–H groups in total. The summed E-state index contributed by atoms with van der Waals surface area (Å²) in [6, 6.07) is 8.44. The molecule has 0 saturated carbocycles. The van der Waals surface area contributed by atoms with Gasteiger partial charge in [0, 0.05) is 22.7 Å². The molecule has 0 bridgehead atoms. The Morgan fingerprint density at radius 3 is 3.22 bits per heavy atom. The van der Waals surface area contributed by atoms with Crippen molar-refractivity contribution in [1.29, 1.82) is 0 Å². The third-order valence-corrected chi connectivity index (χ3v) is 4.40. The summed E-state index contributed by atoms with van der Waals surface area (Å²) in [4.78, 5) is 1.30. The van der Waals surface area contributed by atoms with Crippen LogP contribution in [0.2, 0.25) is 0 Å². The third-order valence-electron chi connectivity index (χ3n) is 3.21. The van der Waals surface area contributed by atoms with Gasteiger partial charge in [-0.1, -0.05) is 0 Å². The molecule has 1 atom stereocenters. The molecular weight excluding hydrogens is 246 g/mol. The maximum absolute atomic E-state index is 5.89. The van der Waals surface area contributed by atoms with Gasteiger partial charge >= 0.3 is 0 Å². The van der Waals surface area contributed by atoms with Crippen molar-refractivity contribution in [1.82, 2.24) is 5.32 Å².